The van der Waals surface area contributed by atoms with Gasteiger partial charge in [-0.05, 0) is 25.0 Å². The fourth-order valence-electron chi connectivity index (χ4n) is 5.89. The minimum absolute atomic E-state index is 0.0647. The van der Waals surface area contributed by atoms with Gasteiger partial charge in [-0.25, -0.2) is 0 Å². The van der Waals surface area contributed by atoms with E-state index in [9.17, 15) is 24.0 Å². The summed E-state index contributed by atoms with van der Waals surface area (Å²) in [5, 5.41) is 20.1. The molecule has 0 atom stereocenters. The summed E-state index contributed by atoms with van der Waals surface area (Å²) in [7, 11) is 0. The van der Waals surface area contributed by atoms with Crippen LogP contribution >= 0.6 is 0 Å². The molecule has 1 amide bonds. The zero-order valence-corrected chi connectivity index (χ0v) is 38.8. The monoisotopic (exact) mass is 976 g/mol. The average molecular weight is 975 g/mol. The van der Waals surface area contributed by atoms with Crippen molar-refractivity contribution in [3.8, 4) is 11.5 Å². The van der Waals surface area contributed by atoms with Crippen LogP contribution in [0.15, 0.2) is 109 Å². The van der Waals surface area contributed by atoms with Crippen LogP contribution in [0.3, 0.4) is 0 Å². The first kappa shape index (κ1) is 51.0. The number of nitrogens with one attached hydrogen (secondary N) is 1. The Morgan fingerprint density at radius 1 is 0.645 bits per heavy atom. The van der Waals surface area contributed by atoms with Crippen LogP contribution in [-0.2, 0) is 33.6 Å². The van der Waals surface area contributed by atoms with Crippen LogP contribution in [0.4, 0.5) is 0 Å². The summed E-state index contributed by atoms with van der Waals surface area (Å²) in [4.78, 5) is 57.0. The number of ketones is 1. The number of carbonyl (C=O) groups is 5. The number of carbonyl (C=O) groups excluding carboxylic acids is 4. The Morgan fingerprint density at radius 2 is 1.16 bits per heavy atom. The molecule has 0 aliphatic heterocycles. The van der Waals surface area contributed by atoms with Crippen molar-refractivity contribution in [2.75, 3.05) is 13.1 Å². The second-order valence-electron chi connectivity index (χ2n) is 14.1. The molecule has 328 valence electrons. The second-order valence-corrected chi connectivity index (χ2v) is 17.8. The van der Waals surface area contributed by atoms with Crippen LogP contribution in [0.25, 0.3) is 0 Å². The first-order valence-corrected chi connectivity index (χ1v) is 23.2. The summed E-state index contributed by atoms with van der Waals surface area (Å²) in [6.07, 6.45) is 9.22. The number of hydrogen-bond donors (Lipinski definition) is 3. The van der Waals surface area contributed by atoms with Gasteiger partial charge in [0.05, 0.1) is 5.56 Å². The third kappa shape index (κ3) is 21.4. The molecule has 14 heteroatoms. The number of esters is 2. The van der Waals surface area contributed by atoms with Gasteiger partial charge in [0.1, 0.15) is 5.75 Å². The first-order valence-electron chi connectivity index (χ1n) is 20.6. The van der Waals surface area contributed by atoms with Gasteiger partial charge in [0, 0.05) is 26.7 Å². The second kappa shape index (κ2) is 29.8. The molecule has 0 fully saturated rings. The zero-order valence-electron chi connectivity index (χ0n) is 35.4. The fraction of sp³-hybridized carbons (Fsp3) is 0.333. The summed E-state index contributed by atoms with van der Waals surface area (Å²) in [5.74, 6) is -1.40. The third-order valence-corrected chi connectivity index (χ3v) is 11.6. The van der Waals surface area contributed by atoms with E-state index in [0.717, 1.165) is 51.4 Å². The molecule has 12 nitrogen and oxygen atoms in total. The van der Waals surface area contributed by atoms with Gasteiger partial charge in [-0.15, -0.1) is 0 Å². The van der Waals surface area contributed by atoms with Crippen LogP contribution < -0.4 is 20.5 Å². The van der Waals surface area contributed by atoms with Crippen molar-refractivity contribution < 1.29 is 38.6 Å². The molecule has 62 heavy (non-hydrogen) atoms. The number of aromatic nitrogens is 2. The van der Waals surface area contributed by atoms with Crippen molar-refractivity contribution in [1.82, 2.24) is 15.5 Å². The predicted molar refractivity (Wildman–Crippen MR) is 243 cm³/mol. The molecule has 4 aromatic carbocycles. The van der Waals surface area contributed by atoms with Gasteiger partial charge in [-0.2, -0.15) is 0 Å². The van der Waals surface area contributed by atoms with Crippen molar-refractivity contribution in [3.05, 3.63) is 141 Å². The van der Waals surface area contributed by atoms with Crippen LogP contribution in [-0.4, -0.2) is 92.5 Å². The number of benzene rings is 4. The number of ether oxygens (including phenoxy) is 2. The van der Waals surface area contributed by atoms with E-state index in [1.165, 1.54) is 38.5 Å². The summed E-state index contributed by atoms with van der Waals surface area (Å²) < 4.78 is 13.7. The molecule has 4 N–H and O–H groups in total. The van der Waals surface area contributed by atoms with E-state index in [1.807, 2.05) is 36.4 Å². The molecular weight excluding hydrogens is 918 g/mol. The maximum atomic E-state index is 12.3. The van der Waals surface area contributed by atoms with Crippen molar-refractivity contribution in [2.45, 2.75) is 90.9 Å². The van der Waals surface area contributed by atoms with Gasteiger partial charge in [0.15, 0.2) is 5.78 Å². The van der Waals surface area contributed by atoms with Gasteiger partial charge < -0.3 is 9.84 Å². The Bertz CT molecular complexity index is 2160. The van der Waals surface area contributed by atoms with E-state index >= 15 is 0 Å². The SMILES string of the molecule is CC(=O)Oc1ccccc1C(=O)CCCCCCC(=O)O.CC(=O)Oc1ccccc1C(=O)NCCCCCc1nnc(Cc2ccccc2)[se]1.NCC(=[Se])Cc1ccccc1. The normalized spacial score (nSPS) is 10.2. The number of nitrogens with zero attached hydrogens (tertiary/aromatic N) is 2. The standard InChI is InChI=1S/C23H25N3O3Se.C16H20O5.C9H11NSe/c1-17(27)29-20-13-8-7-12-19(20)23(28)24-15-9-3-6-14-21-25-26-22(30-21)16-18-10-4-2-5-11-18;1-12(17)21-15-10-7-6-8-13(15)14(18)9-4-2-3-5-11-16(19)20;10-7-9(11)6-8-4-2-1-3-5-8/h2,4-5,7-8,10-13H,3,6,9,14-16H2,1H3,(H,24,28);6-8,10H,2-5,9,11H2,1H3,(H,19,20);1-5H,6-7,10H2. The molecule has 0 radical (unpaired) electrons. The van der Waals surface area contributed by atoms with Crippen molar-refractivity contribution in [2.24, 2.45) is 5.73 Å². The van der Waals surface area contributed by atoms with E-state index in [4.69, 9.17) is 20.3 Å². The number of aliphatic carboxylic acids is 1. The predicted octanol–water partition coefficient (Wildman–Crippen LogP) is 6.94. The van der Waals surface area contributed by atoms with Gasteiger partial charge >= 0.3 is 257 Å². The molecule has 0 aliphatic carbocycles. The summed E-state index contributed by atoms with van der Waals surface area (Å²) in [6.45, 7) is 3.83. The number of hydrogen-bond acceptors (Lipinski definition) is 10. The van der Waals surface area contributed by atoms with Gasteiger partial charge in [0.2, 0.25) is 0 Å². The number of unbranched alkanes of at least 4 members (excludes halogenated alkanes) is 5. The van der Waals surface area contributed by atoms with E-state index in [-0.39, 0.29) is 38.4 Å². The number of amides is 1. The fourth-order valence-corrected chi connectivity index (χ4v) is 8.17. The molecule has 0 aliphatic rings. The van der Waals surface area contributed by atoms with Gasteiger partial charge in [0.25, 0.3) is 0 Å². The van der Waals surface area contributed by atoms with E-state index in [1.54, 1.807) is 48.5 Å². The summed E-state index contributed by atoms with van der Waals surface area (Å²) in [5.41, 5.74) is 8.83. The summed E-state index contributed by atoms with van der Waals surface area (Å²) in [6, 6.07) is 34.1. The van der Waals surface area contributed by atoms with Crippen molar-refractivity contribution >= 4 is 64.1 Å². The Hall–Kier alpha value is -5.36. The zero-order chi connectivity index (χ0) is 45.0. The van der Waals surface area contributed by atoms with Crippen LogP contribution in [0, 0.1) is 0 Å². The molecule has 0 spiro atoms. The molecule has 0 unspecified atom stereocenters. The minimum atomic E-state index is -0.790. The molecule has 1 aromatic heterocycles. The Balaban J connectivity index is 0.000000276. The maximum absolute atomic E-state index is 12.3. The van der Waals surface area contributed by atoms with Crippen molar-refractivity contribution in [3.63, 3.8) is 0 Å². The molecule has 0 saturated carbocycles. The summed E-state index contributed by atoms with van der Waals surface area (Å²) >= 11 is 3.22. The topological polar surface area (TPSA) is 188 Å². The molecule has 0 bridgehead atoms. The number of carboxylic acids is 1. The van der Waals surface area contributed by atoms with E-state index < -0.39 is 17.9 Å². The van der Waals surface area contributed by atoms with E-state index in [2.05, 4.69) is 55.4 Å². The number of Topliss-reactive ketones (excluding diaryl/α,β-unsaturated/α-hetero) is 1. The number of aryl methyl sites for hydroxylation is 1. The molecule has 5 aromatic rings. The molecule has 1 heterocycles. The Labute approximate surface area is 378 Å². The number of nitrogens with two attached hydrogens (primary N) is 1. The van der Waals surface area contributed by atoms with Gasteiger partial charge in [-0.1, -0.05) is 25.0 Å². The molecular formula is C48H56N4O8Se2. The number of carboxylic acid groups (broad SMARTS) is 1. The van der Waals surface area contributed by atoms with Gasteiger partial charge in [-0.3, -0.25) is 19.2 Å². The van der Waals surface area contributed by atoms with Crippen LogP contribution in [0.2, 0.25) is 0 Å². The Morgan fingerprint density at radius 3 is 1.76 bits per heavy atom. The van der Waals surface area contributed by atoms with E-state index in [0.29, 0.717) is 49.2 Å². The third-order valence-electron chi connectivity index (χ3n) is 8.90. The Kier molecular flexibility index (Phi) is 24.5. The first-order chi connectivity index (χ1) is 29.9. The average Bonchev–Trinajstić information content (AvgIpc) is 3.71. The molecule has 0 saturated heterocycles. The van der Waals surface area contributed by atoms with Crippen LogP contribution in [0.1, 0.15) is 113 Å². The number of rotatable bonds is 22. The van der Waals surface area contributed by atoms with Crippen LogP contribution in [0.5, 0.6) is 11.5 Å². The quantitative estimate of drug-likeness (QED) is 0.0214. The number of para-hydroxylation sites is 2. The molecule has 5 rings (SSSR count). The van der Waals surface area contributed by atoms with Crippen molar-refractivity contribution in [1.29, 1.82) is 0 Å².